The van der Waals surface area contributed by atoms with Gasteiger partial charge in [-0.3, -0.25) is 4.98 Å². The third-order valence-corrected chi connectivity index (χ3v) is 4.03. The second kappa shape index (κ2) is 5.88. The van der Waals surface area contributed by atoms with Crippen molar-refractivity contribution in [1.29, 1.82) is 0 Å². The summed E-state index contributed by atoms with van der Waals surface area (Å²) >= 11 is 3.50. The highest BCUT2D eigenvalue weighted by atomic mass is 79.9. The lowest BCUT2D eigenvalue weighted by Gasteiger charge is -2.23. The molecule has 1 N–H and O–H groups in total. The van der Waals surface area contributed by atoms with E-state index in [2.05, 4.69) is 32.3 Å². The lowest BCUT2D eigenvalue weighted by molar-refractivity contribution is 0.220. The van der Waals surface area contributed by atoms with E-state index in [0.29, 0.717) is 5.92 Å². The molecule has 1 saturated heterocycles. The van der Waals surface area contributed by atoms with Crippen LogP contribution in [-0.2, 0) is 0 Å². The fraction of sp³-hybridized carbons (Fsp3) is 0.400. The smallest absolute Gasteiger partial charge is 0.130 e. The van der Waals surface area contributed by atoms with Crippen LogP contribution in [0.3, 0.4) is 0 Å². The Morgan fingerprint density at radius 2 is 2.32 bits per heavy atom. The molecule has 19 heavy (non-hydrogen) atoms. The maximum atomic E-state index is 6.01. The molecule has 3 nitrogen and oxygen atoms in total. The maximum Gasteiger partial charge on any atom is 0.130 e. The van der Waals surface area contributed by atoms with E-state index in [-0.39, 0.29) is 0 Å². The Morgan fingerprint density at radius 1 is 1.37 bits per heavy atom. The molecule has 1 fully saturated rings. The highest BCUT2D eigenvalue weighted by Gasteiger charge is 2.14. The van der Waals surface area contributed by atoms with Crippen LogP contribution in [0.5, 0.6) is 5.75 Å². The van der Waals surface area contributed by atoms with Crippen LogP contribution in [0.15, 0.2) is 34.9 Å². The van der Waals surface area contributed by atoms with Crippen LogP contribution >= 0.6 is 15.9 Å². The summed E-state index contributed by atoms with van der Waals surface area (Å²) in [6.45, 7) is 2.98. The molecule has 0 radical (unpaired) electrons. The van der Waals surface area contributed by atoms with E-state index in [0.717, 1.165) is 40.8 Å². The standard InChI is InChI=1S/C15H17BrN2O/c16-12-3-4-14-13(8-12)15(5-7-18-14)19-10-11-2-1-6-17-9-11/h3-5,7-8,11,17H,1-2,6,9-10H2. The second-order valence-electron chi connectivity index (χ2n) is 4.99. The fourth-order valence-electron chi connectivity index (χ4n) is 2.49. The third kappa shape index (κ3) is 3.07. The van der Waals surface area contributed by atoms with E-state index in [1.54, 1.807) is 0 Å². The van der Waals surface area contributed by atoms with Gasteiger partial charge in [-0.1, -0.05) is 15.9 Å². The maximum absolute atomic E-state index is 6.01. The number of nitrogens with one attached hydrogen (secondary N) is 1. The molecule has 1 aromatic heterocycles. The minimum Gasteiger partial charge on any atom is -0.492 e. The first-order valence-electron chi connectivity index (χ1n) is 6.71. The Morgan fingerprint density at radius 3 is 3.16 bits per heavy atom. The van der Waals surface area contributed by atoms with Gasteiger partial charge in [-0.25, -0.2) is 0 Å². The molecule has 2 heterocycles. The molecule has 2 aromatic rings. The predicted molar refractivity (Wildman–Crippen MR) is 80.5 cm³/mol. The number of piperidine rings is 1. The molecule has 0 bridgehead atoms. The molecular weight excluding hydrogens is 304 g/mol. The summed E-state index contributed by atoms with van der Waals surface area (Å²) in [7, 11) is 0. The summed E-state index contributed by atoms with van der Waals surface area (Å²) in [6.07, 6.45) is 4.31. The van der Waals surface area contributed by atoms with Gasteiger partial charge in [0.25, 0.3) is 0 Å². The summed E-state index contributed by atoms with van der Waals surface area (Å²) in [6, 6.07) is 8.03. The van der Waals surface area contributed by atoms with Gasteiger partial charge in [-0.15, -0.1) is 0 Å². The molecule has 0 spiro atoms. The Kier molecular flexibility index (Phi) is 3.99. The molecule has 3 rings (SSSR count). The highest BCUT2D eigenvalue weighted by Crippen LogP contribution is 2.27. The Bertz CT molecular complexity index is 567. The molecule has 4 heteroatoms. The SMILES string of the molecule is Brc1ccc2nccc(OCC3CCCNC3)c2c1. The van der Waals surface area contributed by atoms with Crippen molar-refractivity contribution in [1.82, 2.24) is 10.3 Å². The number of aromatic nitrogens is 1. The minimum absolute atomic E-state index is 0.615. The topological polar surface area (TPSA) is 34.1 Å². The van der Waals surface area contributed by atoms with Gasteiger partial charge in [0.2, 0.25) is 0 Å². The van der Waals surface area contributed by atoms with E-state index in [1.165, 1.54) is 12.8 Å². The molecule has 0 amide bonds. The van der Waals surface area contributed by atoms with Crippen LogP contribution in [0.4, 0.5) is 0 Å². The molecule has 1 aromatic carbocycles. The largest absolute Gasteiger partial charge is 0.492 e. The van der Waals surface area contributed by atoms with Crippen LogP contribution < -0.4 is 10.1 Å². The number of hydrogen-bond acceptors (Lipinski definition) is 3. The van der Waals surface area contributed by atoms with Gasteiger partial charge in [-0.2, -0.15) is 0 Å². The Balaban J connectivity index is 1.78. The van der Waals surface area contributed by atoms with Crippen molar-refractivity contribution in [2.24, 2.45) is 5.92 Å². The van der Waals surface area contributed by atoms with Gasteiger partial charge in [0.05, 0.1) is 12.1 Å². The van der Waals surface area contributed by atoms with Crippen molar-refractivity contribution in [2.45, 2.75) is 12.8 Å². The number of benzene rings is 1. The summed E-state index contributed by atoms with van der Waals surface area (Å²) in [5.74, 6) is 1.54. The zero-order chi connectivity index (χ0) is 13.1. The van der Waals surface area contributed by atoms with E-state index in [4.69, 9.17) is 4.74 Å². The van der Waals surface area contributed by atoms with E-state index < -0.39 is 0 Å². The fourth-order valence-corrected chi connectivity index (χ4v) is 2.85. The van der Waals surface area contributed by atoms with Crippen LogP contribution in [-0.4, -0.2) is 24.7 Å². The lowest BCUT2D eigenvalue weighted by atomic mass is 10.0. The van der Waals surface area contributed by atoms with Gasteiger partial charge < -0.3 is 10.1 Å². The quantitative estimate of drug-likeness (QED) is 0.941. The van der Waals surface area contributed by atoms with Crippen LogP contribution in [0, 0.1) is 5.92 Å². The molecule has 1 unspecified atom stereocenters. The van der Waals surface area contributed by atoms with E-state index in [1.807, 2.05) is 24.4 Å². The normalized spacial score (nSPS) is 19.5. The zero-order valence-electron chi connectivity index (χ0n) is 10.7. The van der Waals surface area contributed by atoms with Crippen molar-refractivity contribution in [2.75, 3.05) is 19.7 Å². The van der Waals surface area contributed by atoms with Gasteiger partial charge >= 0.3 is 0 Å². The number of pyridine rings is 1. The first-order valence-corrected chi connectivity index (χ1v) is 7.50. The monoisotopic (exact) mass is 320 g/mol. The van der Waals surface area contributed by atoms with E-state index in [9.17, 15) is 0 Å². The molecule has 0 aliphatic carbocycles. The highest BCUT2D eigenvalue weighted by molar-refractivity contribution is 9.10. The number of fused-ring (bicyclic) bond motifs is 1. The van der Waals surface area contributed by atoms with Crippen LogP contribution in [0.1, 0.15) is 12.8 Å². The van der Waals surface area contributed by atoms with Gasteiger partial charge in [0, 0.05) is 28.5 Å². The summed E-state index contributed by atoms with van der Waals surface area (Å²) in [5, 5.41) is 4.49. The summed E-state index contributed by atoms with van der Waals surface area (Å²) in [4.78, 5) is 4.36. The van der Waals surface area contributed by atoms with Gasteiger partial charge in [0.1, 0.15) is 5.75 Å². The molecule has 1 aliphatic rings. The molecule has 100 valence electrons. The van der Waals surface area contributed by atoms with Crippen molar-refractivity contribution in [3.05, 3.63) is 34.9 Å². The lowest BCUT2D eigenvalue weighted by Crippen LogP contribution is -2.33. The zero-order valence-corrected chi connectivity index (χ0v) is 12.3. The number of hydrogen-bond donors (Lipinski definition) is 1. The predicted octanol–water partition coefficient (Wildman–Crippen LogP) is 3.38. The number of rotatable bonds is 3. The molecule has 1 atom stereocenters. The number of ether oxygens (including phenoxy) is 1. The average Bonchev–Trinajstić information content (AvgIpc) is 2.46. The van der Waals surface area contributed by atoms with Crippen molar-refractivity contribution in [3.63, 3.8) is 0 Å². The Labute approximate surface area is 121 Å². The number of nitrogens with zero attached hydrogens (tertiary/aromatic N) is 1. The van der Waals surface area contributed by atoms with Crippen molar-refractivity contribution >= 4 is 26.8 Å². The second-order valence-corrected chi connectivity index (χ2v) is 5.91. The van der Waals surface area contributed by atoms with Crippen LogP contribution in [0.25, 0.3) is 10.9 Å². The van der Waals surface area contributed by atoms with Gasteiger partial charge in [0.15, 0.2) is 0 Å². The first kappa shape index (κ1) is 12.9. The van der Waals surface area contributed by atoms with Crippen LogP contribution in [0.2, 0.25) is 0 Å². The van der Waals surface area contributed by atoms with Crippen molar-refractivity contribution in [3.8, 4) is 5.75 Å². The van der Waals surface area contributed by atoms with Crippen molar-refractivity contribution < 1.29 is 4.74 Å². The number of halogens is 1. The first-order chi connectivity index (χ1) is 9.33. The average molecular weight is 321 g/mol. The molecule has 1 aliphatic heterocycles. The Hall–Kier alpha value is -1.13. The van der Waals surface area contributed by atoms with E-state index >= 15 is 0 Å². The third-order valence-electron chi connectivity index (χ3n) is 3.54. The summed E-state index contributed by atoms with van der Waals surface area (Å²) < 4.78 is 7.07. The van der Waals surface area contributed by atoms with Gasteiger partial charge in [-0.05, 0) is 43.7 Å². The minimum atomic E-state index is 0.615. The summed E-state index contributed by atoms with van der Waals surface area (Å²) in [5.41, 5.74) is 0.975. The molecular formula is C15H17BrN2O. The molecule has 0 saturated carbocycles.